The number of nitrogens with two attached hydrogens (primary N) is 1. The molecule has 3 rings (SSSR count). The van der Waals surface area contributed by atoms with E-state index in [-0.39, 0.29) is 0 Å². The predicted octanol–water partition coefficient (Wildman–Crippen LogP) is 1.66. The van der Waals surface area contributed by atoms with Gasteiger partial charge in [0.2, 0.25) is 0 Å². The molecule has 0 amide bonds. The van der Waals surface area contributed by atoms with Crippen molar-refractivity contribution in [1.29, 1.82) is 0 Å². The van der Waals surface area contributed by atoms with Gasteiger partial charge in [-0.3, -0.25) is 5.10 Å². The minimum absolute atomic E-state index is 0.456. The number of nitrogen functional groups attached to an aromatic ring is 1. The Morgan fingerprint density at radius 1 is 1.33 bits per heavy atom. The fraction of sp³-hybridized carbons (Fsp3) is 0. The van der Waals surface area contributed by atoms with Crippen LogP contribution in [0.1, 0.15) is 0 Å². The van der Waals surface area contributed by atoms with E-state index in [0.29, 0.717) is 11.5 Å². The van der Waals surface area contributed by atoms with Crippen LogP contribution in [0.25, 0.3) is 21.6 Å². The van der Waals surface area contributed by atoms with E-state index in [0.717, 1.165) is 16.0 Å². The quantitative estimate of drug-likeness (QED) is 0.649. The maximum atomic E-state index is 5.80. The number of nitrogens with one attached hydrogen (secondary N) is 1. The van der Waals surface area contributed by atoms with Crippen LogP contribution in [-0.4, -0.2) is 20.2 Å². The highest BCUT2D eigenvalue weighted by atomic mass is 32.1. The summed E-state index contributed by atoms with van der Waals surface area (Å²) in [4.78, 5) is 9.09. The van der Waals surface area contributed by atoms with Crippen molar-refractivity contribution in [3.05, 3.63) is 23.8 Å². The molecule has 0 radical (unpaired) electrons. The third-order valence-corrected chi connectivity index (χ3v) is 3.04. The van der Waals surface area contributed by atoms with Crippen molar-refractivity contribution in [3.8, 4) is 10.6 Å². The van der Waals surface area contributed by atoms with Gasteiger partial charge in [-0.15, -0.1) is 11.3 Å². The molecule has 0 saturated heterocycles. The van der Waals surface area contributed by atoms with E-state index in [4.69, 9.17) is 5.73 Å². The number of fused-ring (bicyclic) bond motifs is 1. The fourth-order valence-corrected chi connectivity index (χ4v) is 2.20. The molecule has 0 bridgehead atoms. The summed E-state index contributed by atoms with van der Waals surface area (Å²) in [5.74, 6) is 0.456. The van der Waals surface area contributed by atoms with Gasteiger partial charge in [0.1, 0.15) is 12.1 Å². The molecule has 0 aliphatic carbocycles. The van der Waals surface area contributed by atoms with Gasteiger partial charge >= 0.3 is 0 Å². The highest BCUT2D eigenvalue weighted by molar-refractivity contribution is 7.13. The number of rotatable bonds is 1. The minimum Gasteiger partial charge on any atom is -0.383 e. The summed E-state index contributed by atoms with van der Waals surface area (Å²) in [6.07, 6.45) is 1.41. The molecule has 0 fully saturated rings. The van der Waals surface area contributed by atoms with Crippen molar-refractivity contribution < 1.29 is 0 Å². The zero-order chi connectivity index (χ0) is 10.3. The van der Waals surface area contributed by atoms with E-state index in [9.17, 15) is 0 Å². The lowest BCUT2D eigenvalue weighted by atomic mass is 10.2. The smallest absolute Gasteiger partial charge is 0.186 e. The third kappa shape index (κ3) is 1.18. The highest BCUT2D eigenvalue weighted by Crippen LogP contribution is 2.30. The summed E-state index contributed by atoms with van der Waals surface area (Å²) in [7, 11) is 0. The first-order chi connectivity index (χ1) is 7.36. The average Bonchev–Trinajstić information content (AvgIpc) is 2.85. The molecular weight excluding hydrogens is 210 g/mol. The second-order valence-corrected chi connectivity index (χ2v) is 3.98. The predicted molar refractivity (Wildman–Crippen MR) is 59.4 cm³/mol. The van der Waals surface area contributed by atoms with Gasteiger partial charge in [0.05, 0.1) is 16.0 Å². The van der Waals surface area contributed by atoms with Crippen molar-refractivity contribution in [2.75, 3.05) is 5.73 Å². The van der Waals surface area contributed by atoms with E-state index < -0.39 is 0 Å². The summed E-state index contributed by atoms with van der Waals surface area (Å²) < 4.78 is 0. The number of aromatic nitrogens is 4. The standard InChI is InChI=1S/C9H7N5S/c10-8-6-7(5-2-1-3-15-5)13-14-9(6)12-4-11-8/h1-4H,(H3,10,11,12,13,14). The molecule has 3 aromatic heterocycles. The Morgan fingerprint density at radius 2 is 2.27 bits per heavy atom. The van der Waals surface area contributed by atoms with E-state index in [2.05, 4.69) is 20.2 Å². The van der Waals surface area contributed by atoms with Gasteiger partial charge < -0.3 is 5.73 Å². The first kappa shape index (κ1) is 8.37. The molecule has 0 atom stereocenters. The molecule has 3 heterocycles. The van der Waals surface area contributed by atoms with Crippen LogP contribution in [0.15, 0.2) is 23.8 Å². The average molecular weight is 217 g/mol. The van der Waals surface area contributed by atoms with Crippen molar-refractivity contribution in [2.45, 2.75) is 0 Å². The van der Waals surface area contributed by atoms with Gasteiger partial charge in [0.25, 0.3) is 0 Å². The fourth-order valence-electron chi connectivity index (χ4n) is 1.48. The molecule has 6 heteroatoms. The molecule has 0 unspecified atom stereocenters. The van der Waals surface area contributed by atoms with E-state index in [1.165, 1.54) is 6.33 Å². The van der Waals surface area contributed by atoms with E-state index in [1.807, 2.05) is 17.5 Å². The summed E-state index contributed by atoms with van der Waals surface area (Å²) >= 11 is 1.62. The Balaban J connectivity index is 2.37. The molecule has 0 saturated carbocycles. The van der Waals surface area contributed by atoms with Crippen LogP contribution >= 0.6 is 11.3 Å². The normalized spacial score (nSPS) is 10.9. The van der Waals surface area contributed by atoms with E-state index >= 15 is 0 Å². The Labute approximate surface area is 89.0 Å². The molecular formula is C9H7N5S. The van der Waals surface area contributed by atoms with Crippen LogP contribution in [0.2, 0.25) is 0 Å². The summed E-state index contributed by atoms with van der Waals surface area (Å²) in [6.45, 7) is 0. The van der Waals surface area contributed by atoms with Crippen molar-refractivity contribution in [3.63, 3.8) is 0 Å². The van der Waals surface area contributed by atoms with Gasteiger partial charge in [0.15, 0.2) is 5.65 Å². The number of H-pyrrole nitrogens is 1. The number of hydrogen-bond donors (Lipinski definition) is 2. The minimum atomic E-state index is 0.456. The summed E-state index contributed by atoms with van der Waals surface area (Å²) in [5.41, 5.74) is 7.29. The lowest BCUT2D eigenvalue weighted by molar-refractivity contribution is 1.09. The van der Waals surface area contributed by atoms with E-state index in [1.54, 1.807) is 11.3 Å². The Morgan fingerprint density at radius 3 is 3.07 bits per heavy atom. The zero-order valence-corrected chi connectivity index (χ0v) is 8.45. The van der Waals surface area contributed by atoms with Crippen LogP contribution in [0.3, 0.4) is 0 Å². The summed E-state index contributed by atoms with van der Waals surface area (Å²) in [6, 6.07) is 3.98. The Hall–Kier alpha value is -1.95. The Kier molecular flexibility index (Phi) is 1.69. The maximum absolute atomic E-state index is 5.80. The van der Waals surface area contributed by atoms with Crippen LogP contribution in [0.5, 0.6) is 0 Å². The van der Waals surface area contributed by atoms with Gasteiger partial charge in [-0.25, -0.2) is 9.97 Å². The number of nitrogens with zero attached hydrogens (tertiary/aromatic N) is 3. The number of hydrogen-bond acceptors (Lipinski definition) is 5. The molecule has 15 heavy (non-hydrogen) atoms. The largest absolute Gasteiger partial charge is 0.383 e. The lowest BCUT2D eigenvalue weighted by Crippen LogP contribution is -1.92. The van der Waals surface area contributed by atoms with Gasteiger partial charge in [-0.05, 0) is 11.4 Å². The SMILES string of the molecule is Nc1ncnc2n[nH]c(-c3cccs3)c12. The molecule has 0 aliphatic heterocycles. The third-order valence-electron chi connectivity index (χ3n) is 2.15. The second kappa shape index (κ2) is 3.03. The van der Waals surface area contributed by atoms with Crippen molar-refractivity contribution in [1.82, 2.24) is 20.2 Å². The first-order valence-electron chi connectivity index (χ1n) is 4.34. The molecule has 0 aromatic carbocycles. The molecule has 5 nitrogen and oxygen atoms in total. The summed E-state index contributed by atoms with van der Waals surface area (Å²) in [5, 5.41) is 9.81. The zero-order valence-electron chi connectivity index (χ0n) is 7.64. The molecule has 3 aromatic rings. The van der Waals surface area contributed by atoms with Crippen molar-refractivity contribution in [2.24, 2.45) is 0 Å². The molecule has 74 valence electrons. The van der Waals surface area contributed by atoms with Crippen LogP contribution < -0.4 is 5.73 Å². The van der Waals surface area contributed by atoms with Gasteiger partial charge in [-0.1, -0.05) is 6.07 Å². The second-order valence-electron chi connectivity index (χ2n) is 3.03. The molecule has 0 aliphatic rings. The first-order valence-corrected chi connectivity index (χ1v) is 5.22. The van der Waals surface area contributed by atoms with Crippen LogP contribution in [0, 0.1) is 0 Å². The van der Waals surface area contributed by atoms with Crippen molar-refractivity contribution >= 4 is 28.2 Å². The highest BCUT2D eigenvalue weighted by Gasteiger charge is 2.12. The molecule has 0 spiro atoms. The lowest BCUT2D eigenvalue weighted by Gasteiger charge is -1.95. The topological polar surface area (TPSA) is 80.5 Å². The van der Waals surface area contributed by atoms with Crippen LogP contribution in [0.4, 0.5) is 5.82 Å². The van der Waals surface area contributed by atoms with Crippen LogP contribution in [-0.2, 0) is 0 Å². The van der Waals surface area contributed by atoms with Gasteiger partial charge in [-0.2, -0.15) is 5.10 Å². The Bertz CT molecular complexity index is 598. The monoisotopic (exact) mass is 217 g/mol. The number of aromatic amines is 1. The van der Waals surface area contributed by atoms with Gasteiger partial charge in [0, 0.05) is 0 Å². The number of anilines is 1. The maximum Gasteiger partial charge on any atom is 0.186 e. The number of thiophene rings is 1. The molecule has 3 N–H and O–H groups in total.